The summed E-state index contributed by atoms with van der Waals surface area (Å²) < 4.78 is 7.02. The van der Waals surface area contributed by atoms with Gasteiger partial charge >= 0.3 is 12.1 Å². The van der Waals surface area contributed by atoms with Crippen LogP contribution in [0.1, 0.15) is 34.3 Å². The zero-order valence-electron chi connectivity index (χ0n) is 19.5. The number of aromatic nitrogens is 2. The van der Waals surface area contributed by atoms with E-state index in [2.05, 4.69) is 22.5 Å². The van der Waals surface area contributed by atoms with Gasteiger partial charge in [-0.25, -0.2) is 4.79 Å². The molecule has 1 unspecified atom stereocenters. The van der Waals surface area contributed by atoms with Crippen LogP contribution in [0.3, 0.4) is 0 Å². The minimum Gasteiger partial charge on any atom is -0.481 e. The van der Waals surface area contributed by atoms with E-state index < -0.39 is 18.0 Å². The summed E-state index contributed by atoms with van der Waals surface area (Å²) in [7, 11) is 1.66. The average Bonchev–Trinajstić information content (AvgIpc) is 3.33. The molecule has 0 bridgehead atoms. The van der Waals surface area contributed by atoms with Gasteiger partial charge in [-0.05, 0) is 22.3 Å². The van der Waals surface area contributed by atoms with Crippen LogP contribution in [0.15, 0.2) is 54.7 Å². The van der Waals surface area contributed by atoms with Gasteiger partial charge in [0.25, 0.3) is 5.91 Å². The lowest BCUT2D eigenvalue weighted by molar-refractivity contribution is -0.144. The summed E-state index contributed by atoms with van der Waals surface area (Å²) in [5.74, 6) is -1.75. The van der Waals surface area contributed by atoms with Gasteiger partial charge in [-0.2, -0.15) is 5.10 Å². The first-order chi connectivity index (χ1) is 16.8. The number of amides is 2. The molecule has 2 aromatic carbocycles. The Labute approximate surface area is 202 Å². The molecule has 0 saturated carbocycles. The van der Waals surface area contributed by atoms with Crippen LogP contribution in [0, 0.1) is 11.8 Å². The topological polar surface area (TPSA) is 114 Å². The Hall–Kier alpha value is -4.14. The van der Waals surface area contributed by atoms with Crippen molar-refractivity contribution in [2.24, 2.45) is 18.9 Å². The van der Waals surface area contributed by atoms with E-state index in [0.29, 0.717) is 13.1 Å². The number of fused-ring (bicyclic) bond motifs is 3. The molecular weight excluding hydrogens is 448 g/mol. The maximum Gasteiger partial charge on any atom is 0.412 e. The molecule has 0 spiro atoms. The Balaban J connectivity index is 1.24. The molecule has 1 aromatic heterocycles. The second-order valence-corrected chi connectivity index (χ2v) is 9.11. The van der Waals surface area contributed by atoms with E-state index in [4.69, 9.17) is 9.84 Å². The molecule has 3 aromatic rings. The quantitative estimate of drug-likeness (QED) is 0.565. The van der Waals surface area contributed by atoms with Crippen molar-refractivity contribution in [3.63, 3.8) is 0 Å². The van der Waals surface area contributed by atoms with Crippen LogP contribution in [-0.2, 0) is 16.6 Å². The zero-order chi connectivity index (χ0) is 24.7. The van der Waals surface area contributed by atoms with E-state index in [0.717, 1.165) is 22.3 Å². The summed E-state index contributed by atoms with van der Waals surface area (Å²) in [5, 5.41) is 16.0. The fourth-order valence-corrected chi connectivity index (χ4v) is 4.84. The number of likely N-dealkylation sites (tertiary alicyclic amines) is 1. The smallest absolute Gasteiger partial charge is 0.412 e. The molecule has 180 valence electrons. The number of aliphatic carboxylic acids is 1. The van der Waals surface area contributed by atoms with Gasteiger partial charge in [0, 0.05) is 38.2 Å². The van der Waals surface area contributed by atoms with Crippen LogP contribution in [0.2, 0.25) is 0 Å². The second-order valence-electron chi connectivity index (χ2n) is 9.11. The SMILES string of the molecule is CC(C(=O)O)C1CN(C(=O)c2cn(C)nc2NC(=O)OCC2c3ccccc3-c3ccccc32)C1. The number of nitrogens with zero attached hydrogens (tertiary/aromatic N) is 3. The highest BCUT2D eigenvalue weighted by atomic mass is 16.5. The molecule has 5 rings (SSSR count). The molecule has 1 saturated heterocycles. The summed E-state index contributed by atoms with van der Waals surface area (Å²) in [6, 6.07) is 16.2. The number of benzene rings is 2. The first-order valence-corrected chi connectivity index (χ1v) is 11.5. The molecule has 9 nitrogen and oxygen atoms in total. The molecular formula is C26H26N4O5. The average molecular weight is 475 g/mol. The number of carboxylic acid groups (broad SMARTS) is 1. The minimum absolute atomic E-state index is 0.0766. The number of rotatable bonds is 6. The first-order valence-electron chi connectivity index (χ1n) is 11.5. The van der Waals surface area contributed by atoms with E-state index in [1.807, 2.05) is 36.4 Å². The van der Waals surface area contributed by atoms with E-state index in [9.17, 15) is 14.4 Å². The van der Waals surface area contributed by atoms with Gasteiger partial charge in [0.2, 0.25) is 0 Å². The van der Waals surface area contributed by atoms with Gasteiger partial charge in [0.1, 0.15) is 12.2 Å². The number of ether oxygens (including phenoxy) is 1. The lowest BCUT2D eigenvalue weighted by Gasteiger charge is -2.41. The highest BCUT2D eigenvalue weighted by molar-refractivity contribution is 6.02. The molecule has 1 fully saturated rings. The molecule has 9 heteroatoms. The maximum atomic E-state index is 13.0. The number of carboxylic acids is 1. The van der Waals surface area contributed by atoms with Crippen molar-refractivity contribution in [1.29, 1.82) is 0 Å². The number of aryl methyl sites for hydroxylation is 1. The highest BCUT2D eigenvalue weighted by Crippen LogP contribution is 2.44. The van der Waals surface area contributed by atoms with E-state index in [1.54, 1.807) is 18.9 Å². The summed E-state index contributed by atoms with van der Waals surface area (Å²) in [6.45, 7) is 2.50. The van der Waals surface area contributed by atoms with E-state index in [1.165, 1.54) is 10.9 Å². The Morgan fingerprint density at radius 3 is 2.29 bits per heavy atom. The van der Waals surface area contributed by atoms with Crippen LogP contribution in [0.4, 0.5) is 10.6 Å². The third-order valence-corrected chi connectivity index (χ3v) is 6.92. The highest BCUT2D eigenvalue weighted by Gasteiger charge is 2.38. The van der Waals surface area contributed by atoms with Crippen LogP contribution in [0.25, 0.3) is 11.1 Å². The molecule has 0 radical (unpaired) electrons. The number of anilines is 1. The Morgan fingerprint density at radius 1 is 1.09 bits per heavy atom. The van der Waals surface area contributed by atoms with Crippen LogP contribution >= 0.6 is 0 Å². The predicted octanol–water partition coefficient (Wildman–Crippen LogP) is 3.57. The van der Waals surface area contributed by atoms with Crippen molar-refractivity contribution < 1.29 is 24.2 Å². The van der Waals surface area contributed by atoms with Gasteiger partial charge in [-0.15, -0.1) is 0 Å². The Morgan fingerprint density at radius 2 is 1.69 bits per heavy atom. The van der Waals surface area contributed by atoms with Crippen molar-refractivity contribution in [3.8, 4) is 11.1 Å². The largest absolute Gasteiger partial charge is 0.481 e. The first kappa shape index (κ1) is 22.6. The number of hydrogen-bond acceptors (Lipinski definition) is 5. The zero-order valence-corrected chi connectivity index (χ0v) is 19.5. The molecule has 35 heavy (non-hydrogen) atoms. The molecule has 1 atom stereocenters. The van der Waals surface area contributed by atoms with E-state index in [-0.39, 0.29) is 35.7 Å². The predicted molar refractivity (Wildman–Crippen MR) is 128 cm³/mol. The summed E-state index contributed by atoms with van der Waals surface area (Å²) in [6.07, 6.45) is 0.843. The molecule has 2 amide bonds. The lowest BCUT2D eigenvalue weighted by atomic mass is 9.87. The third-order valence-electron chi connectivity index (χ3n) is 6.92. The van der Waals surface area contributed by atoms with Crippen LogP contribution in [0.5, 0.6) is 0 Å². The standard InChI is InChI=1S/C26H26N4O5/c1-15(25(32)33)16-11-30(12-16)24(31)21-13-29(2)28-23(21)27-26(34)35-14-22-19-9-5-3-7-17(19)18-8-4-6-10-20(18)22/h3-10,13,15-16,22H,11-12,14H2,1-2H3,(H,32,33)(H,27,28,34). The lowest BCUT2D eigenvalue weighted by Crippen LogP contribution is -2.53. The van der Waals surface area contributed by atoms with Gasteiger partial charge in [0.05, 0.1) is 5.92 Å². The fourth-order valence-electron chi connectivity index (χ4n) is 4.84. The number of carbonyl (C=O) groups excluding carboxylic acids is 2. The second kappa shape index (κ2) is 8.90. The molecule has 2 N–H and O–H groups in total. The normalized spacial score (nSPS) is 15.7. The Kier molecular flexibility index (Phi) is 5.76. The van der Waals surface area contributed by atoms with Gasteiger partial charge in [-0.1, -0.05) is 55.5 Å². The monoisotopic (exact) mass is 474 g/mol. The summed E-state index contributed by atoms with van der Waals surface area (Å²) >= 11 is 0. The van der Waals surface area contributed by atoms with Gasteiger partial charge in [-0.3, -0.25) is 19.6 Å². The number of nitrogens with one attached hydrogen (secondary N) is 1. The third kappa shape index (κ3) is 4.14. The maximum absolute atomic E-state index is 13.0. The number of hydrogen-bond donors (Lipinski definition) is 2. The summed E-state index contributed by atoms with van der Waals surface area (Å²) in [5.41, 5.74) is 4.73. The van der Waals surface area contributed by atoms with Crippen molar-refractivity contribution in [3.05, 3.63) is 71.4 Å². The Bertz CT molecular complexity index is 1270. The number of carbonyl (C=O) groups is 3. The van der Waals surface area contributed by atoms with Gasteiger partial charge < -0.3 is 14.7 Å². The van der Waals surface area contributed by atoms with Crippen molar-refractivity contribution in [2.45, 2.75) is 12.8 Å². The molecule has 2 heterocycles. The van der Waals surface area contributed by atoms with Crippen LogP contribution < -0.4 is 5.32 Å². The van der Waals surface area contributed by atoms with Crippen molar-refractivity contribution in [1.82, 2.24) is 14.7 Å². The summed E-state index contributed by atoms with van der Waals surface area (Å²) in [4.78, 5) is 38.4. The minimum atomic E-state index is -0.874. The molecule has 1 aliphatic heterocycles. The molecule has 1 aliphatic carbocycles. The van der Waals surface area contributed by atoms with Gasteiger partial charge in [0.15, 0.2) is 5.82 Å². The van der Waals surface area contributed by atoms with Crippen LogP contribution in [-0.4, -0.2) is 57.5 Å². The fraction of sp³-hybridized carbons (Fsp3) is 0.308. The van der Waals surface area contributed by atoms with Crippen molar-refractivity contribution >= 4 is 23.8 Å². The molecule has 2 aliphatic rings. The van der Waals surface area contributed by atoms with Crippen molar-refractivity contribution in [2.75, 3.05) is 25.0 Å². The van der Waals surface area contributed by atoms with E-state index >= 15 is 0 Å².